The molecule has 7 heteroatoms. The van der Waals surface area contributed by atoms with E-state index in [1.165, 1.54) is 12.0 Å². The van der Waals surface area contributed by atoms with Gasteiger partial charge in [0.1, 0.15) is 0 Å². The highest BCUT2D eigenvalue weighted by Gasteiger charge is 2.43. The van der Waals surface area contributed by atoms with Gasteiger partial charge >= 0.3 is 0 Å². The molecule has 0 bridgehead atoms. The summed E-state index contributed by atoms with van der Waals surface area (Å²) in [6.45, 7) is 3.77. The molecule has 0 aliphatic carbocycles. The van der Waals surface area contributed by atoms with Crippen LogP contribution in [-0.4, -0.2) is 56.0 Å². The molecule has 0 saturated carbocycles. The Morgan fingerprint density at radius 2 is 2.25 bits per heavy atom. The average molecular weight is 328 g/mol. The van der Waals surface area contributed by atoms with Crippen molar-refractivity contribution in [2.24, 2.45) is 7.05 Å². The van der Waals surface area contributed by atoms with Crippen molar-refractivity contribution in [3.05, 3.63) is 36.4 Å². The van der Waals surface area contributed by atoms with Crippen LogP contribution < -0.4 is 5.32 Å². The third-order valence-corrected chi connectivity index (χ3v) is 4.89. The fourth-order valence-corrected chi connectivity index (χ4v) is 3.91. The molecule has 128 valence electrons. The van der Waals surface area contributed by atoms with Crippen LogP contribution in [0.5, 0.6) is 0 Å². The summed E-state index contributed by atoms with van der Waals surface area (Å²) < 4.78 is 8.12. The first-order valence-corrected chi connectivity index (χ1v) is 8.58. The number of likely N-dealkylation sites (tertiary alicyclic amines) is 1. The Balaban J connectivity index is 1.36. The van der Waals surface area contributed by atoms with Gasteiger partial charge in [-0.25, -0.2) is 9.97 Å². The predicted octanol–water partition coefficient (Wildman–Crippen LogP) is 1.45. The molecule has 2 aromatic heterocycles. The highest BCUT2D eigenvalue weighted by atomic mass is 16.5. The molecule has 2 atom stereocenters. The zero-order valence-electron chi connectivity index (χ0n) is 14.1. The van der Waals surface area contributed by atoms with Crippen LogP contribution in [0.25, 0.3) is 0 Å². The molecule has 2 saturated heterocycles. The summed E-state index contributed by atoms with van der Waals surface area (Å²) in [7, 11) is 1.96. The number of piperidine rings is 1. The Hall–Kier alpha value is -1.99. The van der Waals surface area contributed by atoms with Gasteiger partial charge in [0.25, 0.3) is 0 Å². The first kappa shape index (κ1) is 15.5. The topological polar surface area (TPSA) is 68.1 Å². The van der Waals surface area contributed by atoms with E-state index in [0.29, 0.717) is 5.95 Å². The second-order valence-electron chi connectivity index (χ2n) is 6.95. The minimum absolute atomic E-state index is 0.0348. The van der Waals surface area contributed by atoms with Crippen molar-refractivity contribution in [2.45, 2.75) is 37.5 Å². The van der Waals surface area contributed by atoms with E-state index < -0.39 is 0 Å². The summed E-state index contributed by atoms with van der Waals surface area (Å²) in [6, 6.07) is 2.11. The molecule has 2 aliphatic rings. The molecule has 0 aromatic carbocycles. The summed E-state index contributed by atoms with van der Waals surface area (Å²) in [5.74, 6) is 0.686. The Morgan fingerprint density at radius 3 is 3.04 bits per heavy atom. The SMILES string of the molecule is Cn1cc(CN2CCC[C@@]3(C[C@@H](Nc4ncccn4)CO3)C2)cn1. The van der Waals surface area contributed by atoms with Crippen LogP contribution in [0.4, 0.5) is 5.95 Å². The van der Waals surface area contributed by atoms with Crippen LogP contribution >= 0.6 is 0 Å². The van der Waals surface area contributed by atoms with Gasteiger partial charge in [0.2, 0.25) is 5.95 Å². The van der Waals surface area contributed by atoms with Gasteiger partial charge in [0, 0.05) is 50.7 Å². The van der Waals surface area contributed by atoms with Crippen LogP contribution in [0.2, 0.25) is 0 Å². The van der Waals surface area contributed by atoms with E-state index in [2.05, 4.69) is 31.5 Å². The Morgan fingerprint density at radius 1 is 1.38 bits per heavy atom. The summed E-state index contributed by atoms with van der Waals surface area (Å²) in [4.78, 5) is 11.0. The van der Waals surface area contributed by atoms with Crippen LogP contribution in [0.3, 0.4) is 0 Å². The lowest BCUT2D eigenvalue weighted by molar-refractivity contribution is -0.0533. The fourth-order valence-electron chi connectivity index (χ4n) is 3.91. The molecule has 4 heterocycles. The maximum absolute atomic E-state index is 6.26. The number of aryl methyl sites for hydroxylation is 1. The summed E-state index contributed by atoms with van der Waals surface area (Å²) in [5, 5.41) is 7.67. The first-order chi connectivity index (χ1) is 11.7. The smallest absolute Gasteiger partial charge is 0.222 e. The highest BCUT2D eigenvalue weighted by Crippen LogP contribution is 2.35. The largest absolute Gasteiger partial charge is 0.371 e. The Kier molecular flexibility index (Phi) is 4.20. The van der Waals surface area contributed by atoms with Crippen molar-refractivity contribution in [1.29, 1.82) is 0 Å². The molecule has 24 heavy (non-hydrogen) atoms. The van der Waals surface area contributed by atoms with Gasteiger partial charge in [-0.15, -0.1) is 0 Å². The molecular weight excluding hydrogens is 304 g/mol. The van der Waals surface area contributed by atoms with E-state index in [4.69, 9.17) is 4.74 Å². The van der Waals surface area contributed by atoms with Crippen molar-refractivity contribution < 1.29 is 4.74 Å². The van der Waals surface area contributed by atoms with E-state index in [1.54, 1.807) is 12.4 Å². The van der Waals surface area contributed by atoms with Gasteiger partial charge in [-0.05, 0) is 25.5 Å². The van der Waals surface area contributed by atoms with Crippen LogP contribution in [0.1, 0.15) is 24.8 Å². The lowest BCUT2D eigenvalue weighted by Crippen LogP contribution is -2.47. The van der Waals surface area contributed by atoms with Crippen molar-refractivity contribution in [3.63, 3.8) is 0 Å². The number of rotatable bonds is 4. The van der Waals surface area contributed by atoms with E-state index in [0.717, 1.165) is 39.1 Å². The van der Waals surface area contributed by atoms with Crippen molar-refractivity contribution in [1.82, 2.24) is 24.6 Å². The lowest BCUT2D eigenvalue weighted by atomic mass is 9.88. The monoisotopic (exact) mass is 328 g/mol. The average Bonchev–Trinajstić information content (AvgIpc) is 3.15. The van der Waals surface area contributed by atoms with Crippen molar-refractivity contribution in [2.75, 3.05) is 25.0 Å². The fraction of sp³-hybridized carbons (Fsp3) is 0.588. The molecule has 0 radical (unpaired) electrons. The summed E-state index contributed by atoms with van der Waals surface area (Å²) in [6.07, 6.45) is 10.9. The molecule has 1 spiro atoms. The molecule has 4 rings (SSSR count). The number of ether oxygens (including phenoxy) is 1. The van der Waals surface area contributed by atoms with Crippen LogP contribution in [0, 0.1) is 0 Å². The maximum Gasteiger partial charge on any atom is 0.222 e. The van der Waals surface area contributed by atoms with Crippen LogP contribution in [0.15, 0.2) is 30.9 Å². The maximum atomic E-state index is 6.26. The first-order valence-electron chi connectivity index (χ1n) is 8.58. The quantitative estimate of drug-likeness (QED) is 0.916. The van der Waals surface area contributed by atoms with E-state index in [1.807, 2.05) is 24.0 Å². The van der Waals surface area contributed by atoms with Gasteiger partial charge in [-0.2, -0.15) is 5.10 Å². The summed E-state index contributed by atoms with van der Waals surface area (Å²) in [5.41, 5.74) is 1.23. The number of hydrogen-bond donors (Lipinski definition) is 1. The Bertz CT molecular complexity index is 675. The van der Waals surface area contributed by atoms with Crippen LogP contribution in [-0.2, 0) is 18.3 Å². The molecule has 2 aliphatic heterocycles. The van der Waals surface area contributed by atoms with E-state index in [-0.39, 0.29) is 11.6 Å². The molecule has 1 N–H and O–H groups in total. The minimum Gasteiger partial charge on any atom is -0.371 e. The van der Waals surface area contributed by atoms with Crippen molar-refractivity contribution in [3.8, 4) is 0 Å². The molecule has 2 fully saturated rings. The van der Waals surface area contributed by atoms with Gasteiger partial charge in [-0.1, -0.05) is 0 Å². The highest BCUT2D eigenvalue weighted by molar-refractivity contribution is 5.25. The number of aromatic nitrogens is 4. The number of nitrogens with one attached hydrogen (secondary N) is 1. The van der Waals surface area contributed by atoms with E-state index in [9.17, 15) is 0 Å². The zero-order valence-corrected chi connectivity index (χ0v) is 14.1. The number of nitrogens with zero attached hydrogens (tertiary/aromatic N) is 5. The normalized spacial score (nSPS) is 27.6. The molecule has 7 nitrogen and oxygen atoms in total. The number of hydrogen-bond acceptors (Lipinski definition) is 6. The van der Waals surface area contributed by atoms with Crippen molar-refractivity contribution >= 4 is 5.95 Å². The van der Waals surface area contributed by atoms with E-state index >= 15 is 0 Å². The molecule has 2 aromatic rings. The lowest BCUT2D eigenvalue weighted by Gasteiger charge is -2.39. The third kappa shape index (κ3) is 3.42. The van der Waals surface area contributed by atoms with Gasteiger partial charge in [0.15, 0.2) is 0 Å². The van der Waals surface area contributed by atoms with Gasteiger partial charge in [0.05, 0.1) is 24.4 Å². The zero-order chi connectivity index (χ0) is 16.4. The number of anilines is 1. The second kappa shape index (κ2) is 6.49. The minimum atomic E-state index is -0.0348. The standard InChI is InChI=1S/C17H24N6O/c1-22-10-14(9-20-22)11-23-7-2-4-17(13-23)8-15(12-24-17)21-16-18-5-3-6-19-16/h3,5-6,9-10,15H,2,4,7-8,11-13H2,1H3,(H,18,19,21)/t15-,17-/m1/s1. The molecule has 0 amide bonds. The van der Waals surface area contributed by atoms with Gasteiger partial charge < -0.3 is 10.1 Å². The predicted molar refractivity (Wildman–Crippen MR) is 90.5 cm³/mol. The molecular formula is C17H24N6O. The Labute approximate surface area is 142 Å². The third-order valence-electron chi connectivity index (χ3n) is 4.89. The molecule has 0 unspecified atom stereocenters. The van der Waals surface area contributed by atoms with Gasteiger partial charge in [-0.3, -0.25) is 9.58 Å². The second-order valence-corrected chi connectivity index (χ2v) is 6.95. The summed E-state index contributed by atoms with van der Waals surface area (Å²) >= 11 is 0.